The van der Waals surface area contributed by atoms with E-state index in [4.69, 9.17) is 14.0 Å². The van der Waals surface area contributed by atoms with Crippen molar-refractivity contribution < 1.29 is 28.3 Å². The van der Waals surface area contributed by atoms with Gasteiger partial charge in [0.1, 0.15) is 6.10 Å². The van der Waals surface area contributed by atoms with Crippen molar-refractivity contribution in [1.29, 1.82) is 0 Å². The fourth-order valence-electron chi connectivity index (χ4n) is 6.67. The molecular weight excluding hydrogens is 643 g/mol. The second-order valence-electron chi connectivity index (χ2n) is 17.1. The molecule has 6 nitrogen and oxygen atoms in total. The van der Waals surface area contributed by atoms with Crippen LogP contribution < -0.4 is 0 Å². The standard InChI is InChI=1S/C43H85O6P/c1-35(2)17-11-19-37(5)21-13-23-39(7)25-15-27-41(9)29-31-47-33-43(34-49-50(44,45)46)48-32-30-42(10)28-16-26-40(8)24-14-22-38(6)20-12-18-36(3)4/h29-30,35-40,43H,11-28,31-34H2,1-10H3,(H2,44,45,46)/b41-29+,42-30+/t37-,38-,39-,40-,43+/m1/s1. The van der Waals surface area contributed by atoms with Gasteiger partial charge in [-0.2, -0.15) is 0 Å². The molecule has 2 N–H and O–H groups in total. The molecule has 0 heterocycles. The van der Waals surface area contributed by atoms with Crippen LogP contribution in [0.1, 0.15) is 185 Å². The average molecular weight is 729 g/mol. The molecule has 0 unspecified atom stereocenters. The molecular formula is C43H85O6P. The molecule has 0 amide bonds. The maximum Gasteiger partial charge on any atom is 0.469 e. The molecule has 0 saturated carbocycles. The van der Waals surface area contributed by atoms with E-state index in [1.54, 1.807) is 0 Å². The molecule has 0 aromatic heterocycles. The molecule has 0 fully saturated rings. The summed E-state index contributed by atoms with van der Waals surface area (Å²) in [7, 11) is -4.58. The van der Waals surface area contributed by atoms with Gasteiger partial charge in [-0.05, 0) is 75.0 Å². The van der Waals surface area contributed by atoms with Crippen molar-refractivity contribution in [3.8, 4) is 0 Å². The molecule has 0 bridgehead atoms. The van der Waals surface area contributed by atoms with Crippen LogP contribution >= 0.6 is 7.82 Å². The van der Waals surface area contributed by atoms with Gasteiger partial charge in [-0.25, -0.2) is 4.57 Å². The fraction of sp³-hybridized carbons (Fsp3) is 0.907. The summed E-state index contributed by atoms with van der Waals surface area (Å²) in [5.41, 5.74) is 2.60. The number of rotatable bonds is 34. The van der Waals surface area contributed by atoms with Crippen LogP contribution in [0.5, 0.6) is 0 Å². The minimum absolute atomic E-state index is 0.206. The van der Waals surface area contributed by atoms with E-state index in [9.17, 15) is 14.4 Å². The molecule has 5 atom stereocenters. The van der Waals surface area contributed by atoms with Crippen molar-refractivity contribution in [2.45, 2.75) is 191 Å². The van der Waals surface area contributed by atoms with E-state index in [-0.39, 0.29) is 13.2 Å². The third-order valence-corrected chi connectivity index (χ3v) is 10.8. The van der Waals surface area contributed by atoms with Gasteiger partial charge in [0.25, 0.3) is 0 Å². The molecule has 0 aromatic rings. The van der Waals surface area contributed by atoms with Gasteiger partial charge in [-0.3, -0.25) is 4.52 Å². The predicted molar refractivity (Wildman–Crippen MR) is 216 cm³/mol. The number of hydrogen-bond donors (Lipinski definition) is 2. The minimum Gasteiger partial charge on any atom is -0.375 e. The summed E-state index contributed by atoms with van der Waals surface area (Å²) in [5.74, 6) is 4.85. The Bertz CT molecular complexity index is 894. The first-order valence-corrected chi connectivity index (χ1v) is 22.3. The summed E-state index contributed by atoms with van der Waals surface area (Å²) >= 11 is 0. The summed E-state index contributed by atoms with van der Waals surface area (Å²) in [6, 6.07) is 0. The zero-order chi connectivity index (χ0) is 37.8. The van der Waals surface area contributed by atoms with Gasteiger partial charge in [0.2, 0.25) is 0 Å². The van der Waals surface area contributed by atoms with Crippen LogP contribution in [-0.4, -0.2) is 42.3 Å². The lowest BCUT2D eigenvalue weighted by Gasteiger charge is -2.18. The Balaban J connectivity index is 4.32. The Hall–Kier alpha value is -0.490. The Morgan fingerprint density at radius 3 is 1.28 bits per heavy atom. The highest BCUT2D eigenvalue weighted by Gasteiger charge is 2.19. The topological polar surface area (TPSA) is 85.2 Å². The molecule has 0 aliphatic carbocycles. The van der Waals surface area contributed by atoms with Gasteiger partial charge in [0, 0.05) is 0 Å². The highest BCUT2D eigenvalue weighted by Crippen LogP contribution is 2.36. The predicted octanol–water partition coefficient (Wildman–Crippen LogP) is 13.3. The Morgan fingerprint density at radius 2 is 0.900 bits per heavy atom. The maximum absolute atomic E-state index is 11.3. The molecule has 0 spiro atoms. The smallest absolute Gasteiger partial charge is 0.375 e. The van der Waals surface area contributed by atoms with Gasteiger partial charge in [-0.1, -0.05) is 169 Å². The molecule has 50 heavy (non-hydrogen) atoms. The molecule has 298 valence electrons. The van der Waals surface area contributed by atoms with E-state index >= 15 is 0 Å². The highest BCUT2D eigenvalue weighted by atomic mass is 31.2. The summed E-state index contributed by atoms with van der Waals surface area (Å²) < 4.78 is 27.9. The first-order chi connectivity index (χ1) is 23.6. The van der Waals surface area contributed by atoms with Gasteiger partial charge in [0.15, 0.2) is 0 Å². The zero-order valence-electron chi connectivity index (χ0n) is 34.7. The number of hydrogen-bond acceptors (Lipinski definition) is 4. The van der Waals surface area contributed by atoms with Crippen molar-refractivity contribution in [1.82, 2.24) is 0 Å². The lowest BCUT2D eigenvalue weighted by molar-refractivity contribution is -0.0267. The normalized spacial score (nSPS) is 16.3. The lowest BCUT2D eigenvalue weighted by atomic mass is 9.91. The largest absolute Gasteiger partial charge is 0.469 e. The summed E-state index contributed by atoms with van der Waals surface area (Å²) in [4.78, 5) is 18.4. The van der Waals surface area contributed by atoms with E-state index in [0.29, 0.717) is 13.2 Å². The molecule has 0 saturated heterocycles. The summed E-state index contributed by atoms with van der Waals surface area (Å²) in [6.45, 7) is 24.0. The third kappa shape index (κ3) is 34.6. The van der Waals surface area contributed by atoms with Crippen LogP contribution in [0.25, 0.3) is 0 Å². The molecule has 0 aliphatic heterocycles. The number of ether oxygens (including phenoxy) is 2. The van der Waals surface area contributed by atoms with Crippen LogP contribution in [0.3, 0.4) is 0 Å². The van der Waals surface area contributed by atoms with Crippen LogP contribution in [0.15, 0.2) is 23.3 Å². The minimum atomic E-state index is -4.58. The van der Waals surface area contributed by atoms with Crippen LogP contribution in [0, 0.1) is 35.5 Å². The van der Waals surface area contributed by atoms with Crippen molar-refractivity contribution in [3.63, 3.8) is 0 Å². The van der Waals surface area contributed by atoms with Gasteiger partial charge in [-0.15, -0.1) is 0 Å². The lowest BCUT2D eigenvalue weighted by Crippen LogP contribution is -2.25. The number of allylic oxidation sites excluding steroid dienone is 2. The van der Waals surface area contributed by atoms with Crippen LogP contribution in [0.4, 0.5) is 0 Å². The average Bonchev–Trinajstić information content (AvgIpc) is 3.00. The highest BCUT2D eigenvalue weighted by molar-refractivity contribution is 7.46. The quantitative estimate of drug-likeness (QED) is 0.0390. The van der Waals surface area contributed by atoms with Crippen molar-refractivity contribution in [2.24, 2.45) is 35.5 Å². The SMILES string of the molecule is C/C(=C\COC[C@@H](COP(=O)(O)O)OC/C=C(\C)CCC[C@H](C)CCC[C@H](C)CCCC(C)C)CCC[C@H](C)CCC[C@H](C)CCCC(C)C. The third-order valence-electron chi connectivity index (χ3n) is 10.3. The molecule has 0 rings (SSSR count). The summed E-state index contributed by atoms with van der Waals surface area (Å²) in [6.07, 6.45) is 26.8. The van der Waals surface area contributed by atoms with Gasteiger partial charge >= 0.3 is 7.82 Å². The van der Waals surface area contributed by atoms with E-state index in [1.807, 2.05) is 0 Å². The zero-order valence-corrected chi connectivity index (χ0v) is 35.6. The number of phosphoric ester groups is 1. The second kappa shape index (κ2) is 30.9. The van der Waals surface area contributed by atoms with Crippen molar-refractivity contribution in [3.05, 3.63) is 23.3 Å². The summed E-state index contributed by atoms with van der Waals surface area (Å²) in [5, 5.41) is 0. The molecule has 0 aromatic carbocycles. The first-order valence-electron chi connectivity index (χ1n) is 20.8. The van der Waals surface area contributed by atoms with Gasteiger partial charge in [0.05, 0.1) is 26.4 Å². The molecule has 0 radical (unpaired) electrons. The van der Waals surface area contributed by atoms with E-state index in [1.165, 1.54) is 114 Å². The first kappa shape index (κ1) is 49.5. The second-order valence-corrected chi connectivity index (χ2v) is 18.3. The maximum atomic E-state index is 11.3. The van der Waals surface area contributed by atoms with Crippen LogP contribution in [-0.2, 0) is 18.6 Å². The Morgan fingerprint density at radius 1 is 0.540 bits per heavy atom. The van der Waals surface area contributed by atoms with E-state index in [2.05, 4.69) is 81.4 Å². The van der Waals surface area contributed by atoms with Crippen molar-refractivity contribution >= 4 is 7.82 Å². The van der Waals surface area contributed by atoms with Crippen LogP contribution in [0.2, 0.25) is 0 Å². The molecule has 0 aliphatic rings. The van der Waals surface area contributed by atoms with E-state index in [0.717, 1.165) is 48.3 Å². The van der Waals surface area contributed by atoms with E-state index < -0.39 is 13.9 Å². The Kier molecular flexibility index (Phi) is 30.6. The fourth-order valence-corrected chi connectivity index (χ4v) is 7.03. The van der Waals surface area contributed by atoms with Gasteiger partial charge < -0.3 is 19.3 Å². The Labute approximate surface area is 311 Å². The van der Waals surface area contributed by atoms with Crippen molar-refractivity contribution in [2.75, 3.05) is 26.4 Å². The monoisotopic (exact) mass is 729 g/mol. The number of phosphoric acid groups is 1. The molecule has 7 heteroatoms.